The van der Waals surface area contributed by atoms with Crippen LogP contribution in [-0.2, 0) is 9.98 Å². The summed E-state index contributed by atoms with van der Waals surface area (Å²) in [7, 11) is 0. The Hall–Kier alpha value is -0.200. The fourth-order valence-corrected chi connectivity index (χ4v) is 4.44. The average molecular weight is 225 g/mol. The van der Waals surface area contributed by atoms with Gasteiger partial charge in [0.1, 0.15) is 0 Å². The van der Waals surface area contributed by atoms with E-state index >= 15 is 0 Å². The molecule has 6 unspecified atom stereocenters. The summed E-state index contributed by atoms with van der Waals surface area (Å²) in [6.45, 7) is 2.44. The van der Waals surface area contributed by atoms with Crippen molar-refractivity contribution in [2.24, 2.45) is 23.7 Å². The van der Waals surface area contributed by atoms with Crippen LogP contribution in [0.25, 0.3) is 0 Å². The molecule has 90 valence electrons. The van der Waals surface area contributed by atoms with E-state index in [1.807, 2.05) is 0 Å². The fraction of sp³-hybridized carbons (Fsp3) is 1.00. The van der Waals surface area contributed by atoms with Crippen LogP contribution in [0.1, 0.15) is 19.3 Å². The molecule has 2 saturated heterocycles. The zero-order valence-corrected chi connectivity index (χ0v) is 9.32. The molecule has 2 aliphatic carbocycles. The van der Waals surface area contributed by atoms with Crippen molar-refractivity contribution in [1.82, 2.24) is 16.3 Å². The zero-order chi connectivity index (χ0) is 10.5. The maximum Gasteiger partial charge on any atom is 0.0533 e. The number of nitrogens with one attached hydrogen (secondary N) is 3. The summed E-state index contributed by atoms with van der Waals surface area (Å²) in [6, 6.07) is 0.851. The second kappa shape index (κ2) is 3.65. The van der Waals surface area contributed by atoms with E-state index in [2.05, 4.69) is 16.3 Å². The number of piperidine rings is 1. The molecule has 5 nitrogen and oxygen atoms in total. The molecule has 2 heterocycles. The molecule has 0 aromatic rings. The lowest BCUT2D eigenvalue weighted by Crippen LogP contribution is -2.58. The molecule has 4 rings (SSSR count). The third-order valence-electron chi connectivity index (χ3n) is 5.16. The van der Waals surface area contributed by atoms with Crippen LogP contribution < -0.4 is 16.3 Å². The Balaban J connectivity index is 1.57. The van der Waals surface area contributed by atoms with Crippen LogP contribution in [0, 0.1) is 23.7 Å². The molecule has 16 heavy (non-hydrogen) atoms. The van der Waals surface area contributed by atoms with Crippen molar-refractivity contribution < 1.29 is 9.98 Å². The van der Waals surface area contributed by atoms with Gasteiger partial charge in [-0.2, -0.15) is 11.0 Å². The minimum atomic E-state index is 0.425. The van der Waals surface area contributed by atoms with Gasteiger partial charge in [-0.3, -0.25) is 0 Å². The summed E-state index contributed by atoms with van der Waals surface area (Å²) in [5.74, 6) is 3.57. The Bertz CT molecular complexity index is 262. The van der Waals surface area contributed by atoms with Crippen molar-refractivity contribution >= 4 is 0 Å². The number of hydroxylamine groups is 2. The second-order valence-electron chi connectivity index (χ2n) is 5.83. The first-order chi connectivity index (χ1) is 7.92. The first kappa shape index (κ1) is 9.79. The van der Waals surface area contributed by atoms with Crippen molar-refractivity contribution in [3.8, 4) is 0 Å². The van der Waals surface area contributed by atoms with E-state index in [1.165, 1.54) is 32.4 Å². The lowest BCUT2D eigenvalue weighted by atomic mass is 9.72. The molecular weight excluding hydrogens is 206 g/mol. The minimum Gasteiger partial charge on any atom is -0.316 e. The molecule has 0 spiro atoms. The maximum absolute atomic E-state index is 4.82. The molecule has 3 N–H and O–H groups in total. The molecule has 4 aliphatic rings. The highest BCUT2D eigenvalue weighted by Crippen LogP contribution is 2.50. The average Bonchev–Trinajstić information content (AvgIpc) is 2.59. The first-order valence-electron chi connectivity index (χ1n) is 6.46. The SMILES string of the molecule is C1NCC2CC1C1CC3NOONC3CC21. The normalized spacial score (nSPS) is 55.5. The van der Waals surface area contributed by atoms with Crippen molar-refractivity contribution in [3.05, 3.63) is 0 Å². The van der Waals surface area contributed by atoms with E-state index in [4.69, 9.17) is 9.98 Å². The molecule has 2 bridgehead atoms. The van der Waals surface area contributed by atoms with Crippen LogP contribution in [0.4, 0.5) is 0 Å². The quantitative estimate of drug-likeness (QED) is 0.505. The van der Waals surface area contributed by atoms with Gasteiger partial charge in [-0.15, -0.1) is 9.98 Å². The topological polar surface area (TPSA) is 54.5 Å². The van der Waals surface area contributed by atoms with Gasteiger partial charge in [-0.05, 0) is 56.0 Å². The van der Waals surface area contributed by atoms with Crippen LogP contribution in [0.2, 0.25) is 0 Å². The van der Waals surface area contributed by atoms with Gasteiger partial charge in [0.15, 0.2) is 0 Å². The Labute approximate surface area is 95.1 Å². The molecule has 2 aliphatic heterocycles. The summed E-state index contributed by atoms with van der Waals surface area (Å²) >= 11 is 0. The van der Waals surface area contributed by atoms with Gasteiger partial charge in [-0.25, -0.2) is 0 Å². The van der Waals surface area contributed by atoms with Crippen molar-refractivity contribution in [3.63, 3.8) is 0 Å². The van der Waals surface area contributed by atoms with E-state index in [0.29, 0.717) is 12.1 Å². The number of hydrogen-bond acceptors (Lipinski definition) is 5. The van der Waals surface area contributed by atoms with Crippen LogP contribution in [0.15, 0.2) is 0 Å². The predicted octanol–water partition coefficient (Wildman–Crippen LogP) is -0.0399. The summed E-state index contributed by atoms with van der Waals surface area (Å²) < 4.78 is 0. The summed E-state index contributed by atoms with van der Waals surface area (Å²) in [5, 5.41) is 3.58. The third-order valence-corrected chi connectivity index (χ3v) is 5.16. The number of hydrogen-bond donors (Lipinski definition) is 3. The minimum absolute atomic E-state index is 0.425. The molecule has 0 aromatic heterocycles. The van der Waals surface area contributed by atoms with Crippen molar-refractivity contribution in [2.45, 2.75) is 31.3 Å². The van der Waals surface area contributed by atoms with E-state index < -0.39 is 0 Å². The highest BCUT2D eigenvalue weighted by atomic mass is 17.3. The largest absolute Gasteiger partial charge is 0.316 e. The third kappa shape index (κ3) is 1.36. The molecule has 0 aromatic carbocycles. The Morgan fingerprint density at radius 3 is 1.88 bits per heavy atom. The van der Waals surface area contributed by atoms with Crippen LogP contribution in [0.5, 0.6) is 0 Å². The lowest BCUT2D eigenvalue weighted by Gasteiger charge is -2.42. The highest BCUT2D eigenvalue weighted by molar-refractivity contribution is 5.03. The Morgan fingerprint density at radius 1 is 0.750 bits per heavy atom. The van der Waals surface area contributed by atoms with E-state index in [1.54, 1.807) is 0 Å². The summed E-state index contributed by atoms with van der Waals surface area (Å²) in [6.07, 6.45) is 3.90. The molecule has 0 amide bonds. The smallest absolute Gasteiger partial charge is 0.0533 e. The Morgan fingerprint density at radius 2 is 1.31 bits per heavy atom. The molecule has 0 radical (unpaired) electrons. The highest BCUT2D eigenvalue weighted by Gasteiger charge is 2.51. The summed E-state index contributed by atoms with van der Waals surface area (Å²) in [4.78, 5) is 9.64. The molecular formula is C11H19N3O2. The van der Waals surface area contributed by atoms with Gasteiger partial charge < -0.3 is 5.32 Å². The second-order valence-corrected chi connectivity index (χ2v) is 5.83. The fourth-order valence-electron chi connectivity index (χ4n) is 4.44. The molecule has 5 heteroatoms. The standard InChI is InChI=1S/C11H19N3O2/c1-6-4-12-5-7(1)9-3-11-10(2-8(6)9)13-15-16-14-11/h6-14H,1-5H2. The molecule has 6 atom stereocenters. The lowest BCUT2D eigenvalue weighted by molar-refractivity contribution is -0.414. The maximum atomic E-state index is 4.82. The monoisotopic (exact) mass is 225 g/mol. The van der Waals surface area contributed by atoms with E-state index in [0.717, 1.165) is 23.7 Å². The van der Waals surface area contributed by atoms with Crippen LogP contribution >= 0.6 is 0 Å². The van der Waals surface area contributed by atoms with Crippen molar-refractivity contribution in [2.75, 3.05) is 13.1 Å². The van der Waals surface area contributed by atoms with Crippen LogP contribution in [0.3, 0.4) is 0 Å². The number of fused-ring (bicyclic) bond motifs is 6. The first-order valence-corrected chi connectivity index (χ1v) is 6.46. The van der Waals surface area contributed by atoms with E-state index in [9.17, 15) is 0 Å². The van der Waals surface area contributed by atoms with Crippen molar-refractivity contribution in [1.29, 1.82) is 0 Å². The van der Waals surface area contributed by atoms with E-state index in [-0.39, 0.29) is 0 Å². The Kier molecular flexibility index (Phi) is 2.23. The predicted molar refractivity (Wildman–Crippen MR) is 56.7 cm³/mol. The van der Waals surface area contributed by atoms with Gasteiger partial charge in [-0.1, -0.05) is 0 Å². The van der Waals surface area contributed by atoms with Gasteiger partial charge in [0.25, 0.3) is 0 Å². The van der Waals surface area contributed by atoms with Gasteiger partial charge in [0.2, 0.25) is 0 Å². The zero-order valence-electron chi connectivity index (χ0n) is 9.32. The molecule has 2 saturated carbocycles. The summed E-state index contributed by atoms with van der Waals surface area (Å²) in [5.41, 5.74) is 6.02. The number of rotatable bonds is 0. The van der Waals surface area contributed by atoms with Crippen LogP contribution in [-0.4, -0.2) is 25.2 Å². The van der Waals surface area contributed by atoms with Gasteiger partial charge >= 0.3 is 0 Å². The molecule has 4 fully saturated rings. The van der Waals surface area contributed by atoms with Gasteiger partial charge in [0.05, 0.1) is 12.1 Å². The van der Waals surface area contributed by atoms with Gasteiger partial charge in [0, 0.05) is 0 Å².